The van der Waals surface area contributed by atoms with Crippen LogP contribution in [0.5, 0.6) is 0 Å². The van der Waals surface area contributed by atoms with Gasteiger partial charge < -0.3 is 20.9 Å². The highest BCUT2D eigenvalue weighted by Gasteiger charge is 2.48. The lowest BCUT2D eigenvalue weighted by atomic mass is 9.84. The third kappa shape index (κ3) is 3.06. The van der Waals surface area contributed by atoms with Gasteiger partial charge in [-0.05, 0) is 31.1 Å². The fraction of sp³-hybridized carbons (Fsp3) is 0.846. The highest BCUT2D eigenvalue weighted by Crippen LogP contribution is 2.47. The van der Waals surface area contributed by atoms with Crippen molar-refractivity contribution in [2.45, 2.75) is 37.8 Å². The summed E-state index contributed by atoms with van der Waals surface area (Å²) in [6, 6.07) is -0.0424. The van der Waals surface area contributed by atoms with Gasteiger partial charge in [0.05, 0.1) is 18.4 Å². The molecule has 2 bridgehead atoms. The number of hydrogen-bond donors (Lipinski definition) is 3. The van der Waals surface area contributed by atoms with E-state index >= 15 is 0 Å². The minimum absolute atomic E-state index is 0.0424. The van der Waals surface area contributed by atoms with Crippen LogP contribution in [0.1, 0.15) is 25.7 Å². The van der Waals surface area contributed by atoms with Crippen molar-refractivity contribution in [1.29, 1.82) is 0 Å². The maximum atomic E-state index is 12.2. The Labute approximate surface area is 112 Å². The number of nitrogens with two attached hydrogens (primary N) is 1. The van der Waals surface area contributed by atoms with Gasteiger partial charge in [-0.15, -0.1) is 0 Å². The van der Waals surface area contributed by atoms with E-state index in [1.165, 1.54) is 7.11 Å². The Morgan fingerprint density at radius 3 is 2.63 bits per heavy atom. The second kappa shape index (κ2) is 5.88. The monoisotopic (exact) mass is 270 g/mol. The Bertz CT molecular complexity index is 359. The predicted molar refractivity (Wildman–Crippen MR) is 68.4 cm³/mol. The largest absolute Gasteiger partial charge is 0.481 e. The highest BCUT2D eigenvalue weighted by molar-refractivity contribution is 5.80. The second-order valence-electron chi connectivity index (χ2n) is 5.64. The molecule has 19 heavy (non-hydrogen) atoms. The maximum Gasteiger partial charge on any atom is 0.306 e. The average Bonchev–Trinajstić information content (AvgIpc) is 2.94. The van der Waals surface area contributed by atoms with Crippen molar-refractivity contribution in [1.82, 2.24) is 5.32 Å². The molecule has 0 spiro atoms. The fourth-order valence-corrected chi connectivity index (χ4v) is 3.49. The molecule has 0 saturated heterocycles. The van der Waals surface area contributed by atoms with E-state index in [4.69, 9.17) is 15.6 Å². The third-order valence-corrected chi connectivity index (χ3v) is 4.52. The van der Waals surface area contributed by atoms with E-state index in [0.29, 0.717) is 11.8 Å². The number of rotatable bonds is 6. The van der Waals surface area contributed by atoms with Gasteiger partial charge in [0, 0.05) is 19.7 Å². The lowest BCUT2D eigenvalue weighted by Gasteiger charge is -2.27. The molecule has 0 heterocycles. The van der Waals surface area contributed by atoms with Gasteiger partial charge in [0.25, 0.3) is 0 Å². The molecule has 0 aromatic rings. The molecule has 6 nitrogen and oxygen atoms in total. The van der Waals surface area contributed by atoms with Gasteiger partial charge in [0.2, 0.25) is 5.91 Å². The van der Waals surface area contributed by atoms with Crippen molar-refractivity contribution in [2.75, 3.05) is 13.7 Å². The van der Waals surface area contributed by atoms with Crippen LogP contribution in [0.2, 0.25) is 0 Å². The number of amides is 1. The van der Waals surface area contributed by atoms with Gasteiger partial charge in [0.15, 0.2) is 0 Å². The zero-order chi connectivity index (χ0) is 14.0. The molecular formula is C13H22N2O4. The van der Waals surface area contributed by atoms with Crippen LogP contribution in [0.4, 0.5) is 0 Å². The Hall–Kier alpha value is -1.14. The molecule has 0 radical (unpaired) electrons. The molecule has 2 fully saturated rings. The van der Waals surface area contributed by atoms with E-state index in [0.717, 1.165) is 19.3 Å². The molecule has 5 atom stereocenters. The van der Waals surface area contributed by atoms with E-state index < -0.39 is 12.1 Å². The average molecular weight is 270 g/mol. The Morgan fingerprint density at radius 1 is 1.42 bits per heavy atom. The molecule has 2 aliphatic carbocycles. The zero-order valence-corrected chi connectivity index (χ0v) is 11.2. The van der Waals surface area contributed by atoms with Gasteiger partial charge in [-0.25, -0.2) is 0 Å². The first-order valence-electron chi connectivity index (χ1n) is 6.80. The third-order valence-electron chi connectivity index (χ3n) is 4.52. The lowest BCUT2D eigenvalue weighted by Crippen LogP contribution is -2.47. The van der Waals surface area contributed by atoms with E-state index in [9.17, 15) is 9.59 Å². The summed E-state index contributed by atoms with van der Waals surface area (Å²) in [5.41, 5.74) is 6.10. The van der Waals surface area contributed by atoms with Crippen molar-refractivity contribution in [3.63, 3.8) is 0 Å². The molecule has 0 aromatic heterocycles. The van der Waals surface area contributed by atoms with E-state index in [1.54, 1.807) is 0 Å². The standard InChI is InChI=1S/C13H22N2O4/c1-19-9(5-10(16)17)6-15-13(18)11-7-2-3-8(4-7)12(11)14/h7-9,11-12H,2-6,14H2,1H3,(H,15,18)(H,16,17). The van der Waals surface area contributed by atoms with Crippen LogP contribution in [0.15, 0.2) is 0 Å². The first-order chi connectivity index (χ1) is 9.02. The molecule has 5 unspecified atom stereocenters. The fourth-order valence-electron chi connectivity index (χ4n) is 3.49. The molecule has 0 aromatic carbocycles. The summed E-state index contributed by atoms with van der Waals surface area (Å²) in [6.45, 7) is 0.224. The van der Waals surface area contributed by atoms with E-state index in [1.807, 2.05) is 0 Å². The van der Waals surface area contributed by atoms with Crippen molar-refractivity contribution in [3.05, 3.63) is 0 Å². The summed E-state index contributed by atoms with van der Waals surface area (Å²) < 4.78 is 5.04. The number of carboxylic acid groups (broad SMARTS) is 1. The molecule has 1 amide bonds. The topological polar surface area (TPSA) is 102 Å². The van der Waals surface area contributed by atoms with Crippen molar-refractivity contribution in [3.8, 4) is 0 Å². The quantitative estimate of drug-likeness (QED) is 0.629. The molecule has 6 heteroatoms. The van der Waals surface area contributed by atoms with Crippen LogP contribution in [-0.2, 0) is 14.3 Å². The minimum Gasteiger partial charge on any atom is -0.481 e. The number of ether oxygens (including phenoxy) is 1. The van der Waals surface area contributed by atoms with Gasteiger partial charge >= 0.3 is 5.97 Å². The van der Waals surface area contributed by atoms with Crippen molar-refractivity contribution < 1.29 is 19.4 Å². The summed E-state index contributed by atoms with van der Waals surface area (Å²) in [4.78, 5) is 22.8. The number of carbonyl (C=O) groups is 2. The molecule has 2 rings (SSSR count). The van der Waals surface area contributed by atoms with Crippen LogP contribution < -0.4 is 11.1 Å². The Balaban J connectivity index is 1.82. The number of hydrogen-bond acceptors (Lipinski definition) is 4. The van der Waals surface area contributed by atoms with Gasteiger partial charge in [-0.2, -0.15) is 0 Å². The Kier molecular flexibility index (Phi) is 4.42. The van der Waals surface area contributed by atoms with Gasteiger partial charge in [-0.1, -0.05) is 0 Å². The molecule has 2 saturated carbocycles. The lowest BCUT2D eigenvalue weighted by molar-refractivity contribution is -0.140. The number of aliphatic carboxylic acids is 1. The summed E-state index contributed by atoms with van der Waals surface area (Å²) >= 11 is 0. The number of carbonyl (C=O) groups excluding carboxylic acids is 1. The molecule has 0 aliphatic heterocycles. The van der Waals surface area contributed by atoms with E-state index in [-0.39, 0.29) is 30.8 Å². The first-order valence-corrected chi connectivity index (χ1v) is 6.80. The minimum atomic E-state index is -0.933. The van der Waals surface area contributed by atoms with Crippen LogP contribution in [-0.4, -0.2) is 42.8 Å². The van der Waals surface area contributed by atoms with E-state index in [2.05, 4.69) is 5.32 Å². The van der Waals surface area contributed by atoms with Gasteiger partial charge in [0.1, 0.15) is 0 Å². The Morgan fingerprint density at radius 2 is 2.11 bits per heavy atom. The maximum absolute atomic E-state index is 12.2. The van der Waals surface area contributed by atoms with Crippen molar-refractivity contribution >= 4 is 11.9 Å². The summed E-state index contributed by atoms with van der Waals surface area (Å²) in [6.07, 6.45) is 2.67. The smallest absolute Gasteiger partial charge is 0.306 e. The SMILES string of the molecule is COC(CNC(=O)C1C2CCC(C2)C1N)CC(=O)O. The second-order valence-corrected chi connectivity index (χ2v) is 5.64. The molecular weight excluding hydrogens is 248 g/mol. The van der Waals surface area contributed by atoms with Crippen LogP contribution in [0.3, 0.4) is 0 Å². The zero-order valence-electron chi connectivity index (χ0n) is 11.2. The normalized spacial score (nSPS) is 34.2. The predicted octanol–water partition coefficient (Wildman–Crippen LogP) is -0.0343. The highest BCUT2D eigenvalue weighted by atomic mass is 16.5. The molecule has 108 valence electrons. The van der Waals surface area contributed by atoms with Crippen LogP contribution in [0.25, 0.3) is 0 Å². The number of carboxylic acids is 1. The van der Waals surface area contributed by atoms with Gasteiger partial charge in [-0.3, -0.25) is 9.59 Å². The summed E-state index contributed by atoms with van der Waals surface area (Å²) in [5.74, 6) is -0.204. The molecule has 4 N–H and O–H groups in total. The van der Waals surface area contributed by atoms with Crippen LogP contribution >= 0.6 is 0 Å². The van der Waals surface area contributed by atoms with Crippen molar-refractivity contribution in [2.24, 2.45) is 23.5 Å². The van der Waals surface area contributed by atoms with Crippen LogP contribution in [0, 0.1) is 17.8 Å². The molecule has 2 aliphatic rings. The summed E-state index contributed by atoms with van der Waals surface area (Å²) in [7, 11) is 1.45. The number of fused-ring (bicyclic) bond motifs is 2. The number of nitrogens with one attached hydrogen (secondary N) is 1. The number of methoxy groups -OCH3 is 1. The first kappa shape index (κ1) is 14.3. The summed E-state index contributed by atoms with van der Waals surface area (Å²) in [5, 5.41) is 11.5.